The highest BCUT2D eigenvalue weighted by atomic mass is 35.5. The lowest BCUT2D eigenvalue weighted by atomic mass is 10.0. The van der Waals surface area contributed by atoms with E-state index < -0.39 is 0 Å². The predicted molar refractivity (Wildman–Crippen MR) is 86.0 cm³/mol. The fraction of sp³-hybridized carbons (Fsp3) is 0.235. The van der Waals surface area contributed by atoms with Gasteiger partial charge in [-0.2, -0.15) is 0 Å². The van der Waals surface area contributed by atoms with Crippen molar-refractivity contribution in [2.24, 2.45) is 5.73 Å². The van der Waals surface area contributed by atoms with Crippen LogP contribution in [0.25, 0.3) is 0 Å². The Kier molecular flexibility index (Phi) is 5.37. The second kappa shape index (κ2) is 7.25. The smallest absolute Gasteiger partial charge is 0.224 e. The molecule has 0 aliphatic rings. The minimum absolute atomic E-state index is 0.0154. The molecule has 3 N–H and O–H groups in total. The molecule has 2 aromatic rings. The highest BCUT2D eigenvalue weighted by Crippen LogP contribution is 2.16. The molecule has 0 aliphatic carbocycles. The van der Waals surface area contributed by atoms with Crippen molar-refractivity contribution in [3.8, 4) is 0 Å². The molecule has 0 aromatic heterocycles. The van der Waals surface area contributed by atoms with Crippen LogP contribution >= 0.6 is 11.6 Å². The monoisotopic (exact) mass is 302 g/mol. The van der Waals surface area contributed by atoms with Crippen molar-refractivity contribution in [1.29, 1.82) is 0 Å². The van der Waals surface area contributed by atoms with E-state index in [0.29, 0.717) is 18.0 Å². The summed E-state index contributed by atoms with van der Waals surface area (Å²) in [5, 5.41) is 3.68. The Morgan fingerprint density at radius 3 is 2.38 bits per heavy atom. The molecular weight excluding hydrogens is 284 g/mol. The number of amides is 1. The maximum Gasteiger partial charge on any atom is 0.224 e. The second-order valence-electron chi connectivity index (χ2n) is 4.99. The molecule has 0 bridgehead atoms. The summed E-state index contributed by atoms with van der Waals surface area (Å²) in [4.78, 5) is 12.2. The zero-order valence-electron chi connectivity index (χ0n) is 12.0. The van der Waals surface area contributed by atoms with Crippen molar-refractivity contribution in [2.45, 2.75) is 25.9 Å². The van der Waals surface area contributed by atoms with Crippen LogP contribution in [0.15, 0.2) is 48.5 Å². The number of nitrogens with one attached hydrogen (secondary N) is 1. The summed E-state index contributed by atoms with van der Waals surface area (Å²) in [5.74, 6) is -0.0154. The molecule has 0 aliphatic heterocycles. The number of carbonyl (C=O) groups is 1. The van der Waals surface area contributed by atoms with E-state index in [1.165, 1.54) is 0 Å². The molecule has 2 aromatic carbocycles. The molecule has 0 saturated heterocycles. The van der Waals surface area contributed by atoms with Gasteiger partial charge in [0, 0.05) is 11.6 Å². The summed E-state index contributed by atoms with van der Waals surface area (Å²) in [6.07, 6.45) is 0.339. The fourth-order valence-electron chi connectivity index (χ4n) is 2.23. The zero-order chi connectivity index (χ0) is 15.2. The van der Waals surface area contributed by atoms with Crippen LogP contribution in [-0.2, 0) is 17.8 Å². The maximum absolute atomic E-state index is 12.2. The second-order valence-corrected chi connectivity index (χ2v) is 5.43. The van der Waals surface area contributed by atoms with E-state index in [2.05, 4.69) is 5.32 Å². The van der Waals surface area contributed by atoms with Crippen LogP contribution in [0.1, 0.15) is 29.7 Å². The van der Waals surface area contributed by atoms with Crippen LogP contribution < -0.4 is 11.1 Å². The topological polar surface area (TPSA) is 55.1 Å². The van der Waals surface area contributed by atoms with Gasteiger partial charge in [-0.1, -0.05) is 48.0 Å². The molecule has 0 unspecified atom stereocenters. The average molecular weight is 303 g/mol. The number of hydrogen-bond acceptors (Lipinski definition) is 2. The summed E-state index contributed by atoms with van der Waals surface area (Å²) in [5.41, 5.74) is 8.70. The van der Waals surface area contributed by atoms with Gasteiger partial charge in [0.2, 0.25) is 5.91 Å². The normalized spacial score (nSPS) is 12.0. The molecule has 2 rings (SSSR count). The van der Waals surface area contributed by atoms with Gasteiger partial charge in [0.25, 0.3) is 0 Å². The van der Waals surface area contributed by atoms with E-state index in [-0.39, 0.29) is 11.9 Å². The molecule has 0 radical (unpaired) electrons. The van der Waals surface area contributed by atoms with Crippen molar-refractivity contribution >= 4 is 17.5 Å². The average Bonchev–Trinajstić information content (AvgIpc) is 2.48. The van der Waals surface area contributed by atoms with Crippen molar-refractivity contribution in [2.75, 3.05) is 0 Å². The Balaban J connectivity index is 1.99. The number of nitrogens with two attached hydrogens (primary N) is 1. The third-order valence-electron chi connectivity index (χ3n) is 3.44. The first-order valence-corrected chi connectivity index (χ1v) is 7.29. The number of hydrogen-bond donors (Lipinski definition) is 2. The SMILES string of the molecule is C[C@H](NC(=O)Cc1ccccc1CN)c1ccc(Cl)cc1. The molecule has 1 atom stereocenters. The molecule has 21 heavy (non-hydrogen) atoms. The Bertz CT molecular complexity index is 610. The van der Waals surface area contributed by atoms with Crippen molar-refractivity contribution in [3.05, 3.63) is 70.2 Å². The first-order chi connectivity index (χ1) is 10.1. The Hall–Kier alpha value is -1.84. The fourth-order valence-corrected chi connectivity index (χ4v) is 2.36. The molecule has 1 amide bonds. The van der Waals surface area contributed by atoms with Gasteiger partial charge in [-0.3, -0.25) is 4.79 Å². The van der Waals surface area contributed by atoms with Gasteiger partial charge >= 0.3 is 0 Å². The third kappa shape index (κ3) is 4.31. The van der Waals surface area contributed by atoms with Crippen molar-refractivity contribution in [1.82, 2.24) is 5.32 Å². The van der Waals surface area contributed by atoms with E-state index >= 15 is 0 Å². The van der Waals surface area contributed by atoms with E-state index in [1.54, 1.807) is 0 Å². The van der Waals surface area contributed by atoms with Crippen molar-refractivity contribution < 1.29 is 4.79 Å². The van der Waals surface area contributed by atoms with Gasteiger partial charge in [-0.15, -0.1) is 0 Å². The molecule has 3 nitrogen and oxygen atoms in total. The van der Waals surface area contributed by atoms with Crippen LogP contribution in [0, 0.1) is 0 Å². The van der Waals surface area contributed by atoms with Crippen LogP contribution in [0.5, 0.6) is 0 Å². The van der Waals surface area contributed by atoms with Gasteiger partial charge in [0.05, 0.1) is 12.5 Å². The lowest BCUT2D eigenvalue weighted by molar-refractivity contribution is -0.121. The van der Waals surface area contributed by atoms with Gasteiger partial charge in [-0.05, 0) is 35.7 Å². The lowest BCUT2D eigenvalue weighted by Crippen LogP contribution is -2.28. The quantitative estimate of drug-likeness (QED) is 0.891. The minimum Gasteiger partial charge on any atom is -0.349 e. The predicted octanol–water partition coefficient (Wildman–Crippen LogP) is 3.22. The molecule has 4 heteroatoms. The summed E-state index contributed by atoms with van der Waals surface area (Å²) in [6.45, 7) is 2.40. The highest BCUT2D eigenvalue weighted by Gasteiger charge is 2.11. The third-order valence-corrected chi connectivity index (χ3v) is 3.69. The van der Waals surface area contributed by atoms with E-state index in [0.717, 1.165) is 16.7 Å². The minimum atomic E-state index is -0.0557. The first-order valence-electron chi connectivity index (χ1n) is 6.92. The van der Waals surface area contributed by atoms with Gasteiger partial charge in [0.15, 0.2) is 0 Å². The van der Waals surface area contributed by atoms with Gasteiger partial charge in [-0.25, -0.2) is 0 Å². The molecular formula is C17H19ClN2O. The van der Waals surface area contributed by atoms with Crippen LogP contribution in [0.4, 0.5) is 0 Å². The number of halogens is 1. The summed E-state index contributed by atoms with van der Waals surface area (Å²) in [7, 11) is 0. The van der Waals surface area contributed by atoms with Crippen LogP contribution in [-0.4, -0.2) is 5.91 Å². The highest BCUT2D eigenvalue weighted by molar-refractivity contribution is 6.30. The zero-order valence-corrected chi connectivity index (χ0v) is 12.7. The van der Waals surface area contributed by atoms with E-state index in [1.807, 2.05) is 55.5 Å². The molecule has 0 spiro atoms. The van der Waals surface area contributed by atoms with Crippen LogP contribution in [0.2, 0.25) is 5.02 Å². The summed E-state index contributed by atoms with van der Waals surface area (Å²) in [6, 6.07) is 15.2. The summed E-state index contributed by atoms with van der Waals surface area (Å²) < 4.78 is 0. The van der Waals surface area contributed by atoms with E-state index in [9.17, 15) is 4.79 Å². The van der Waals surface area contributed by atoms with E-state index in [4.69, 9.17) is 17.3 Å². The van der Waals surface area contributed by atoms with Gasteiger partial charge < -0.3 is 11.1 Å². The summed E-state index contributed by atoms with van der Waals surface area (Å²) >= 11 is 5.86. The van der Waals surface area contributed by atoms with Gasteiger partial charge in [0.1, 0.15) is 0 Å². The molecule has 0 heterocycles. The lowest BCUT2D eigenvalue weighted by Gasteiger charge is -2.15. The number of carbonyl (C=O) groups excluding carboxylic acids is 1. The standard InChI is InChI=1S/C17H19ClN2O/c1-12(13-6-8-16(18)9-7-13)20-17(21)10-14-4-2-3-5-15(14)11-19/h2-9,12H,10-11,19H2,1H3,(H,20,21)/t12-/m0/s1. The molecule has 0 saturated carbocycles. The number of rotatable bonds is 5. The Morgan fingerprint density at radius 2 is 1.76 bits per heavy atom. The molecule has 110 valence electrons. The maximum atomic E-state index is 12.2. The largest absolute Gasteiger partial charge is 0.349 e. The van der Waals surface area contributed by atoms with Crippen LogP contribution in [0.3, 0.4) is 0 Å². The molecule has 0 fully saturated rings. The first kappa shape index (κ1) is 15.5. The Morgan fingerprint density at radius 1 is 1.14 bits per heavy atom. The Labute approximate surface area is 130 Å². The van der Waals surface area contributed by atoms with Crippen molar-refractivity contribution in [3.63, 3.8) is 0 Å². The number of benzene rings is 2.